The van der Waals surface area contributed by atoms with E-state index in [0.29, 0.717) is 22.5 Å². The van der Waals surface area contributed by atoms with E-state index in [2.05, 4.69) is 10.6 Å². The zero-order valence-corrected chi connectivity index (χ0v) is 19.1. The van der Waals surface area contributed by atoms with Crippen LogP contribution < -0.4 is 15.5 Å². The molecule has 1 aliphatic rings. The van der Waals surface area contributed by atoms with E-state index in [1.54, 1.807) is 91.9 Å². The van der Waals surface area contributed by atoms with Crippen LogP contribution in [0.1, 0.15) is 35.3 Å². The Balaban J connectivity index is 1.51. The molecule has 0 aliphatic carbocycles. The van der Waals surface area contributed by atoms with E-state index in [4.69, 9.17) is 4.74 Å². The summed E-state index contributed by atoms with van der Waals surface area (Å²) >= 11 is 0. The third-order valence-electron chi connectivity index (χ3n) is 5.65. The molecule has 35 heavy (non-hydrogen) atoms. The number of para-hydroxylation sites is 2. The minimum absolute atomic E-state index is 0.105. The average molecular weight is 472 g/mol. The minimum Gasteiger partial charge on any atom is -0.454 e. The van der Waals surface area contributed by atoms with Crippen molar-refractivity contribution < 1.29 is 23.9 Å². The van der Waals surface area contributed by atoms with Gasteiger partial charge in [-0.2, -0.15) is 0 Å². The lowest BCUT2D eigenvalue weighted by Crippen LogP contribution is -2.42. The van der Waals surface area contributed by atoms with Gasteiger partial charge in [-0.15, -0.1) is 0 Å². The quantitative estimate of drug-likeness (QED) is 0.536. The molecule has 0 saturated heterocycles. The van der Waals surface area contributed by atoms with Crippen LogP contribution in [0, 0.1) is 0 Å². The SMILES string of the molecule is CC1CC(=O)Nc2ccccc2N1C(=O)COC(=O)C(NC(=O)c1ccccc1)c1ccccc1. The summed E-state index contributed by atoms with van der Waals surface area (Å²) in [4.78, 5) is 52.6. The molecule has 3 aromatic rings. The van der Waals surface area contributed by atoms with Gasteiger partial charge >= 0.3 is 5.97 Å². The molecule has 0 spiro atoms. The van der Waals surface area contributed by atoms with Crippen molar-refractivity contribution in [1.29, 1.82) is 0 Å². The van der Waals surface area contributed by atoms with Crippen molar-refractivity contribution in [3.63, 3.8) is 0 Å². The number of carbonyl (C=O) groups excluding carboxylic acids is 4. The molecule has 1 heterocycles. The van der Waals surface area contributed by atoms with Crippen molar-refractivity contribution in [2.75, 3.05) is 16.8 Å². The summed E-state index contributed by atoms with van der Waals surface area (Å²) in [6, 6.07) is 22.6. The molecule has 0 saturated carbocycles. The predicted octanol–water partition coefficient (Wildman–Crippen LogP) is 3.46. The highest BCUT2D eigenvalue weighted by molar-refractivity contribution is 6.05. The topological polar surface area (TPSA) is 105 Å². The molecule has 2 atom stereocenters. The lowest BCUT2D eigenvalue weighted by atomic mass is 10.1. The van der Waals surface area contributed by atoms with Crippen molar-refractivity contribution in [2.45, 2.75) is 25.4 Å². The molecule has 0 aromatic heterocycles. The highest BCUT2D eigenvalue weighted by Crippen LogP contribution is 2.31. The maximum atomic E-state index is 13.2. The Morgan fingerprint density at radius 3 is 2.31 bits per heavy atom. The average Bonchev–Trinajstić information content (AvgIpc) is 3.00. The van der Waals surface area contributed by atoms with Crippen molar-refractivity contribution in [3.8, 4) is 0 Å². The number of fused-ring (bicyclic) bond motifs is 1. The number of hydrogen-bond donors (Lipinski definition) is 2. The van der Waals surface area contributed by atoms with Crippen molar-refractivity contribution >= 4 is 35.1 Å². The number of esters is 1. The summed E-state index contributed by atoms with van der Waals surface area (Å²) in [7, 11) is 0. The minimum atomic E-state index is -1.10. The fourth-order valence-electron chi connectivity index (χ4n) is 3.98. The van der Waals surface area contributed by atoms with Crippen LogP contribution in [0.3, 0.4) is 0 Å². The number of carbonyl (C=O) groups is 4. The largest absolute Gasteiger partial charge is 0.454 e. The van der Waals surface area contributed by atoms with Gasteiger partial charge in [0.05, 0.1) is 11.4 Å². The summed E-state index contributed by atoms with van der Waals surface area (Å²) in [6.45, 7) is 1.21. The van der Waals surface area contributed by atoms with Gasteiger partial charge in [0.15, 0.2) is 12.6 Å². The second kappa shape index (κ2) is 10.6. The maximum Gasteiger partial charge on any atom is 0.333 e. The molecule has 0 radical (unpaired) electrons. The molecule has 2 N–H and O–H groups in total. The van der Waals surface area contributed by atoms with Crippen molar-refractivity contribution in [2.24, 2.45) is 0 Å². The molecule has 8 heteroatoms. The highest BCUT2D eigenvalue weighted by Gasteiger charge is 2.31. The molecule has 3 amide bonds. The first-order chi connectivity index (χ1) is 16.9. The number of anilines is 2. The van der Waals surface area contributed by atoms with Gasteiger partial charge in [-0.05, 0) is 36.8 Å². The number of nitrogens with one attached hydrogen (secondary N) is 2. The number of benzene rings is 3. The monoisotopic (exact) mass is 471 g/mol. The Labute approximate surface area is 202 Å². The number of ether oxygens (including phenoxy) is 1. The predicted molar refractivity (Wildman–Crippen MR) is 131 cm³/mol. The summed E-state index contributed by atoms with van der Waals surface area (Å²) in [5.41, 5.74) is 1.96. The fourth-order valence-corrected chi connectivity index (χ4v) is 3.98. The van der Waals surface area contributed by atoms with Gasteiger partial charge in [-0.1, -0.05) is 60.7 Å². The van der Waals surface area contributed by atoms with E-state index < -0.39 is 36.5 Å². The first-order valence-corrected chi connectivity index (χ1v) is 11.2. The highest BCUT2D eigenvalue weighted by atomic mass is 16.5. The van der Waals surface area contributed by atoms with Crippen LogP contribution in [-0.4, -0.2) is 36.3 Å². The summed E-state index contributed by atoms with van der Waals surface area (Å²) in [5.74, 6) is -1.89. The van der Waals surface area contributed by atoms with Crippen LogP contribution in [0.15, 0.2) is 84.9 Å². The van der Waals surface area contributed by atoms with Gasteiger partial charge in [-0.3, -0.25) is 14.4 Å². The zero-order chi connectivity index (χ0) is 24.8. The van der Waals surface area contributed by atoms with E-state index >= 15 is 0 Å². The van der Waals surface area contributed by atoms with Crippen molar-refractivity contribution in [1.82, 2.24) is 5.32 Å². The lowest BCUT2D eigenvalue weighted by molar-refractivity contribution is -0.150. The van der Waals surface area contributed by atoms with Crippen LogP contribution in [0.25, 0.3) is 0 Å². The third kappa shape index (κ3) is 5.55. The standard InChI is InChI=1S/C27H25N3O5/c1-18-16-23(31)28-21-14-8-9-15-22(21)30(18)24(32)17-35-27(34)25(19-10-4-2-5-11-19)29-26(33)20-12-6-3-7-13-20/h2-15,18,25H,16-17H2,1H3,(H,28,31)(H,29,33). The molecule has 2 unspecified atom stereocenters. The normalized spacial score (nSPS) is 15.7. The third-order valence-corrected chi connectivity index (χ3v) is 5.65. The maximum absolute atomic E-state index is 13.2. The number of rotatable bonds is 6. The molecule has 178 valence electrons. The molecule has 4 rings (SSSR count). The van der Waals surface area contributed by atoms with E-state index in [1.165, 1.54) is 4.90 Å². The van der Waals surface area contributed by atoms with E-state index in [1.807, 2.05) is 0 Å². The molecular formula is C27H25N3O5. The zero-order valence-electron chi connectivity index (χ0n) is 19.1. The van der Waals surface area contributed by atoms with Gasteiger partial charge in [-0.25, -0.2) is 4.79 Å². The van der Waals surface area contributed by atoms with Crippen LogP contribution in [0.5, 0.6) is 0 Å². The molecule has 0 fully saturated rings. The molecule has 0 bridgehead atoms. The summed E-state index contributed by atoms with van der Waals surface area (Å²) in [5, 5.41) is 5.49. The fraction of sp³-hybridized carbons (Fsp3) is 0.185. The van der Waals surface area contributed by atoms with Crippen LogP contribution in [-0.2, 0) is 19.1 Å². The summed E-state index contributed by atoms with van der Waals surface area (Å²) < 4.78 is 5.39. The second-order valence-corrected chi connectivity index (χ2v) is 8.17. The van der Waals surface area contributed by atoms with Gasteiger partial charge in [0, 0.05) is 18.0 Å². The van der Waals surface area contributed by atoms with Gasteiger partial charge in [0.1, 0.15) is 0 Å². The lowest BCUT2D eigenvalue weighted by Gasteiger charge is -2.28. The number of amides is 3. The number of nitrogens with zero attached hydrogens (tertiary/aromatic N) is 1. The Kier molecular flexibility index (Phi) is 7.21. The van der Waals surface area contributed by atoms with Crippen molar-refractivity contribution in [3.05, 3.63) is 96.1 Å². The van der Waals surface area contributed by atoms with Crippen LogP contribution in [0.2, 0.25) is 0 Å². The Hall–Kier alpha value is -4.46. The Morgan fingerprint density at radius 2 is 1.60 bits per heavy atom. The molecule has 1 aliphatic heterocycles. The summed E-state index contributed by atoms with van der Waals surface area (Å²) in [6.07, 6.45) is 0.105. The number of hydrogen-bond acceptors (Lipinski definition) is 5. The van der Waals surface area contributed by atoms with Crippen LogP contribution in [0.4, 0.5) is 11.4 Å². The smallest absolute Gasteiger partial charge is 0.333 e. The second-order valence-electron chi connectivity index (χ2n) is 8.17. The van der Waals surface area contributed by atoms with E-state index in [-0.39, 0.29) is 12.3 Å². The molecule has 3 aromatic carbocycles. The first-order valence-electron chi connectivity index (χ1n) is 11.2. The first kappa shape index (κ1) is 23.7. The molecular weight excluding hydrogens is 446 g/mol. The van der Waals surface area contributed by atoms with E-state index in [0.717, 1.165) is 0 Å². The Morgan fingerprint density at radius 1 is 0.971 bits per heavy atom. The Bertz CT molecular complexity index is 1230. The van der Waals surface area contributed by atoms with Gasteiger partial charge in [0.25, 0.3) is 11.8 Å². The van der Waals surface area contributed by atoms with E-state index in [9.17, 15) is 19.2 Å². The van der Waals surface area contributed by atoms with Gasteiger partial charge < -0.3 is 20.3 Å². The molecule has 8 nitrogen and oxygen atoms in total. The van der Waals surface area contributed by atoms with Crippen LogP contribution >= 0.6 is 0 Å². The van der Waals surface area contributed by atoms with Gasteiger partial charge in [0.2, 0.25) is 5.91 Å².